The van der Waals surface area contributed by atoms with E-state index < -0.39 is 17.3 Å². The zero-order valence-electron chi connectivity index (χ0n) is 15.3. The SMILES string of the molecule is Cc1ccc2c(c1C)N=CC2=Cc1[nH]c(=O)n(Cc2ccc(F)c(F)c2)c1O. The van der Waals surface area contributed by atoms with Crippen LogP contribution in [0.1, 0.15) is 27.9 Å². The first-order valence-corrected chi connectivity index (χ1v) is 8.67. The van der Waals surface area contributed by atoms with Gasteiger partial charge in [-0.2, -0.15) is 0 Å². The quantitative estimate of drug-likeness (QED) is 0.718. The molecule has 0 bridgehead atoms. The summed E-state index contributed by atoms with van der Waals surface area (Å²) >= 11 is 0. The van der Waals surface area contributed by atoms with E-state index in [1.54, 1.807) is 12.3 Å². The first kappa shape index (κ1) is 17.9. The number of H-pyrrole nitrogens is 1. The van der Waals surface area contributed by atoms with Gasteiger partial charge in [0, 0.05) is 17.4 Å². The monoisotopic (exact) mass is 381 g/mol. The Hall–Kier alpha value is -3.48. The molecule has 0 saturated heterocycles. The number of imidazole rings is 1. The molecule has 0 unspecified atom stereocenters. The molecule has 1 aliphatic heterocycles. The summed E-state index contributed by atoms with van der Waals surface area (Å²) in [6, 6.07) is 7.29. The molecular formula is C21H17F2N3O2. The van der Waals surface area contributed by atoms with E-state index in [1.165, 1.54) is 6.07 Å². The van der Waals surface area contributed by atoms with E-state index in [0.717, 1.165) is 44.7 Å². The average Bonchev–Trinajstić information content (AvgIpc) is 3.18. The molecule has 5 nitrogen and oxygen atoms in total. The normalized spacial score (nSPS) is 14.1. The topological polar surface area (TPSA) is 70.4 Å². The van der Waals surface area contributed by atoms with Gasteiger partial charge in [0.25, 0.3) is 0 Å². The summed E-state index contributed by atoms with van der Waals surface area (Å²) in [5.41, 5.74) is 4.77. The van der Waals surface area contributed by atoms with Crippen LogP contribution in [0.15, 0.2) is 40.1 Å². The summed E-state index contributed by atoms with van der Waals surface area (Å²) in [5, 5.41) is 10.5. The molecule has 0 radical (unpaired) electrons. The average molecular weight is 381 g/mol. The summed E-state index contributed by atoms with van der Waals surface area (Å²) in [6.07, 6.45) is 3.32. The van der Waals surface area contributed by atoms with Gasteiger partial charge in [0.05, 0.1) is 12.2 Å². The van der Waals surface area contributed by atoms with Crippen LogP contribution in [0.4, 0.5) is 14.5 Å². The highest BCUT2D eigenvalue weighted by molar-refractivity contribution is 6.21. The van der Waals surface area contributed by atoms with Crippen LogP contribution in [0.2, 0.25) is 0 Å². The van der Waals surface area contributed by atoms with Crippen molar-refractivity contribution in [1.29, 1.82) is 0 Å². The van der Waals surface area contributed by atoms with Gasteiger partial charge >= 0.3 is 5.69 Å². The van der Waals surface area contributed by atoms with Crippen LogP contribution in [-0.4, -0.2) is 20.9 Å². The number of aromatic nitrogens is 2. The van der Waals surface area contributed by atoms with E-state index >= 15 is 0 Å². The van der Waals surface area contributed by atoms with Crippen molar-refractivity contribution >= 4 is 23.6 Å². The zero-order chi connectivity index (χ0) is 20.0. The number of fused-ring (bicyclic) bond motifs is 1. The minimum absolute atomic E-state index is 0.0927. The first-order chi connectivity index (χ1) is 13.3. The second kappa shape index (κ2) is 6.60. The van der Waals surface area contributed by atoms with Gasteiger partial charge in [-0.3, -0.25) is 9.56 Å². The van der Waals surface area contributed by atoms with Crippen LogP contribution in [-0.2, 0) is 6.54 Å². The number of rotatable bonds is 3. The molecule has 4 rings (SSSR count). The van der Waals surface area contributed by atoms with Gasteiger partial charge in [-0.1, -0.05) is 18.2 Å². The number of hydrogen-bond donors (Lipinski definition) is 2. The van der Waals surface area contributed by atoms with E-state index in [4.69, 9.17) is 0 Å². The lowest BCUT2D eigenvalue weighted by Crippen LogP contribution is -2.17. The third kappa shape index (κ3) is 2.94. The molecule has 1 aromatic heterocycles. The lowest BCUT2D eigenvalue weighted by atomic mass is 10.00. The van der Waals surface area contributed by atoms with Crippen LogP contribution in [0.25, 0.3) is 11.6 Å². The maximum atomic E-state index is 13.4. The largest absolute Gasteiger partial charge is 0.493 e. The zero-order valence-corrected chi connectivity index (χ0v) is 15.3. The van der Waals surface area contributed by atoms with Crippen molar-refractivity contribution < 1.29 is 13.9 Å². The van der Waals surface area contributed by atoms with Crippen LogP contribution < -0.4 is 5.69 Å². The number of allylic oxidation sites excluding steroid dienone is 1. The Morgan fingerprint density at radius 1 is 1.18 bits per heavy atom. The van der Waals surface area contributed by atoms with E-state index in [1.807, 2.05) is 26.0 Å². The van der Waals surface area contributed by atoms with E-state index in [0.29, 0.717) is 5.56 Å². The van der Waals surface area contributed by atoms with E-state index in [-0.39, 0.29) is 18.1 Å². The maximum Gasteiger partial charge on any atom is 0.329 e. The molecule has 2 N–H and O–H groups in total. The molecule has 7 heteroatoms. The molecule has 2 aromatic carbocycles. The van der Waals surface area contributed by atoms with Gasteiger partial charge < -0.3 is 10.1 Å². The number of aryl methyl sites for hydroxylation is 1. The summed E-state index contributed by atoms with van der Waals surface area (Å²) < 4.78 is 27.5. The first-order valence-electron chi connectivity index (χ1n) is 8.67. The van der Waals surface area contributed by atoms with Crippen molar-refractivity contribution in [3.63, 3.8) is 0 Å². The number of aromatic hydroxyl groups is 1. The minimum atomic E-state index is -1.01. The van der Waals surface area contributed by atoms with Gasteiger partial charge in [0.2, 0.25) is 5.88 Å². The molecule has 0 atom stereocenters. The van der Waals surface area contributed by atoms with Gasteiger partial charge in [-0.15, -0.1) is 0 Å². The molecule has 1 aliphatic rings. The molecule has 0 saturated carbocycles. The third-order valence-corrected chi connectivity index (χ3v) is 4.95. The predicted molar refractivity (Wildman–Crippen MR) is 104 cm³/mol. The van der Waals surface area contributed by atoms with E-state index in [2.05, 4.69) is 9.98 Å². The lowest BCUT2D eigenvalue weighted by Gasteiger charge is -2.06. The lowest BCUT2D eigenvalue weighted by molar-refractivity contribution is 0.420. The Balaban J connectivity index is 1.71. The minimum Gasteiger partial charge on any atom is -0.493 e. The Morgan fingerprint density at radius 2 is 1.96 bits per heavy atom. The summed E-state index contributed by atoms with van der Waals surface area (Å²) in [5.74, 6) is -2.26. The molecule has 0 aliphatic carbocycles. The smallest absolute Gasteiger partial charge is 0.329 e. The molecule has 142 valence electrons. The number of nitrogens with one attached hydrogen (secondary N) is 1. The molecule has 3 aromatic rings. The van der Waals surface area contributed by atoms with Gasteiger partial charge in [-0.25, -0.2) is 13.6 Å². The third-order valence-electron chi connectivity index (χ3n) is 4.95. The van der Waals surface area contributed by atoms with Crippen LogP contribution >= 0.6 is 0 Å². The number of aliphatic imine (C=N–C) groups is 1. The Kier molecular flexibility index (Phi) is 4.22. The predicted octanol–water partition coefficient (Wildman–Crippen LogP) is 4.08. The van der Waals surface area contributed by atoms with Crippen molar-refractivity contribution in [2.75, 3.05) is 0 Å². The summed E-state index contributed by atoms with van der Waals surface area (Å²) in [4.78, 5) is 19.3. The fourth-order valence-electron chi connectivity index (χ4n) is 3.22. The van der Waals surface area contributed by atoms with Crippen molar-refractivity contribution in [1.82, 2.24) is 9.55 Å². The molecule has 2 heterocycles. The van der Waals surface area contributed by atoms with Gasteiger partial charge in [0.1, 0.15) is 5.69 Å². The maximum absolute atomic E-state index is 13.4. The highest BCUT2D eigenvalue weighted by Crippen LogP contribution is 2.37. The molecule has 28 heavy (non-hydrogen) atoms. The van der Waals surface area contributed by atoms with E-state index in [9.17, 15) is 18.7 Å². The molecule has 0 fully saturated rings. The second-order valence-corrected chi connectivity index (χ2v) is 6.76. The number of hydrogen-bond acceptors (Lipinski definition) is 3. The standard InChI is InChI=1S/C21H17F2N3O2/c1-11-3-5-15-14(9-24-19(15)12(11)2)8-18-20(27)26(21(28)25-18)10-13-4-6-16(22)17(23)7-13/h3-9,27H,10H2,1-2H3,(H,25,28). The summed E-state index contributed by atoms with van der Waals surface area (Å²) in [7, 11) is 0. The Bertz CT molecular complexity index is 1220. The second-order valence-electron chi connectivity index (χ2n) is 6.76. The van der Waals surface area contributed by atoms with Crippen molar-refractivity contribution in [3.8, 4) is 5.88 Å². The highest BCUT2D eigenvalue weighted by atomic mass is 19.2. The van der Waals surface area contributed by atoms with Crippen molar-refractivity contribution in [3.05, 3.63) is 80.4 Å². The fourth-order valence-corrected chi connectivity index (χ4v) is 3.22. The van der Waals surface area contributed by atoms with Crippen molar-refractivity contribution in [2.45, 2.75) is 20.4 Å². The Morgan fingerprint density at radius 3 is 2.71 bits per heavy atom. The fraction of sp³-hybridized carbons (Fsp3) is 0.143. The molecule has 0 spiro atoms. The number of aromatic amines is 1. The van der Waals surface area contributed by atoms with Crippen LogP contribution in [0.5, 0.6) is 5.88 Å². The molecule has 0 amide bonds. The highest BCUT2D eigenvalue weighted by Gasteiger charge is 2.18. The number of halogens is 2. The van der Waals surface area contributed by atoms with Crippen LogP contribution in [0.3, 0.4) is 0 Å². The van der Waals surface area contributed by atoms with Gasteiger partial charge in [-0.05, 0) is 48.7 Å². The van der Waals surface area contributed by atoms with Gasteiger partial charge in [0.15, 0.2) is 11.6 Å². The van der Waals surface area contributed by atoms with Crippen LogP contribution in [0, 0.1) is 25.5 Å². The molecular weight excluding hydrogens is 364 g/mol. The Labute approximate surface area is 159 Å². The van der Waals surface area contributed by atoms with Crippen molar-refractivity contribution in [2.24, 2.45) is 4.99 Å². The number of benzene rings is 2. The number of nitrogens with zero attached hydrogens (tertiary/aromatic N) is 2. The summed E-state index contributed by atoms with van der Waals surface area (Å²) in [6.45, 7) is 3.91.